The van der Waals surface area contributed by atoms with Crippen molar-refractivity contribution in [2.45, 2.75) is 0 Å². The summed E-state index contributed by atoms with van der Waals surface area (Å²) < 4.78 is 0. The second kappa shape index (κ2) is 3.72. The van der Waals surface area contributed by atoms with Gasteiger partial charge in [-0.2, -0.15) is 0 Å². The lowest BCUT2D eigenvalue weighted by Gasteiger charge is -2.04. The second-order valence-corrected chi connectivity index (χ2v) is 2.59. The summed E-state index contributed by atoms with van der Waals surface area (Å²) in [7, 11) is 0. The molecule has 0 aliphatic heterocycles. The number of benzene rings is 1. The molecule has 0 aromatic heterocycles. The molecule has 1 aromatic carbocycles. The molecule has 1 rings (SSSR count). The van der Waals surface area contributed by atoms with Gasteiger partial charge in [0.05, 0.1) is 5.56 Å². The number of hydrogen-bond donors (Lipinski definition) is 1. The third-order valence-corrected chi connectivity index (χ3v) is 1.79. The van der Waals surface area contributed by atoms with Crippen molar-refractivity contribution < 1.29 is 9.90 Å². The predicted octanol–water partition coefficient (Wildman–Crippen LogP) is 2.40. The molecule has 0 saturated carbocycles. The lowest BCUT2D eigenvalue weighted by molar-refractivity contribution is 0.112. The summed E-state index contributed by atoms with van der Waals surface area (Å²) in [6, 6.07) is 4.92. The van der Waals surface area contributed by atoms with Crippen LogP contribution in [0.15, 0.2) is 37.4 Å². The van der Waals surface area contributed by atoms with Crippen LogP contribution in [0.25, 0.3) is 5.57 Å². The first kappa shape index (κ1) is 9.26. The molecule has 13 heavy (non-hydrogen) atoms. The number of aromatic hydroxyl groups is 1. The van der Waals surface area contributed by atoms with E-state index in [1.54, 1.807) is 18.2 Å². The molecule has 0 fully saturated rings. The minimum atomic E-state index is -0.0394. The van der Waals surface area contributed by atoms with Gasteiger partial charge in [-0.3, -0.25) is 4.79 Å². The average molecular weight is 174 g/mol. The molecular formula is C11H10O2. The predicted molar refractivity (Wildman–Crippen MR) is 52.7 cm³/mol. The molecule has 0 amide bonds. The summed E-state index contributed by atoms with van der Waals surface area (Å²) in [4.78, 5) is 10.5. The van der Waals surface area contributed by atoms with E-state index in [9.17, 15) is 9.90 Å². The summed E-state index contributed by atoms with van der Waals surface area (Å²) in [5.74, 6) is -0.0394. The van der Waals surface area contributed by atoms with Gasteiger partial charge in [-0.05, 0) is 11.6 Å². The number of allylic oxidation sites excluding steroid dienone is 2. The smallest absolute Gasteiger partial charge is 0.153 e. The van der Waals surface area contributed by atoms with E-state index < -0.39 is 0 Å². The maximum Gasteiger partial charge on any atom is 0.153 e. The monoisotopic (exact) mass is 174 g/mol. The number of aldehydes is 1. The SMILES string of the molecule is C=CC(=C)c1cccc(C=O)c1O. The zero-order valence-corrected chi connectivity index (χ0v) is 7.16. The molecule has 0 aliphatic carbocycles. The Morgan fingerprint density at radius 1 is 1.46 bits per heavy atom. The van der Waals surface area contributed by atoms with Crippen LogP contribution in [-0.4, -0.2) is 11.4 Å². The third-order valence-electron chi connectivity index (χ3n) is 1.79. The summed E-state index contributed by atoms with van der Waals surface area (Å²) in [5, 5.41) is 9.55. The van der Waals surface area contributed by atoms with Gasteiger partial charge in [0.2, 0.25) is 0 Å². The molecule has 66 valence electrons. The van der Waals surface area contributed by atoms with Crippen LogP contribution >= 0.6 is 0 Å². The number of hydrogen-bond acceptors (Lipinski definition) is 2. The molecule has 0 saturated heterocycles. The summed E-state index contributed by atoms with van der Waals surface area (Å²) >= 11 is 0. The number of carbonyl (C=O) groups is 1. The quantitative estimate of drug-likeness (QED) is 0.564. The first-order valence-electron chi connectivity index (χ1n) is 3.79. The van der Waals surface area contributed by atoms with Crippen LogP contribution in [0.3, 0.4) is 0 Å². The summed E-state index contributed by atoms with van der Waals surface area (Å²) in [6.07, 6.45) is 2.14. The minimum Gasteiger partial charge on any atom is -0.507 e. The van der Waals surface area contributed by atoms with Gasteiger partial charge in [0.25, 0.3) is 0 Å². The van der Waals surface area contributed by atoms with E-state index >= 15 is 0 Å². The fourth-order valence-corrected chi connectivity index (χ4v) is 1.03. The molecule has 0 atom stereocenters. The number of rotatable bonds is 3. The Morgan fingerprint density at radius 2 is 2.15 bits per heavy atom. The van der Waals surface area contributed by atoms with E-state index in [1.165, 1.54) is 6.08 Å². The Bertz CT molecular complexity index is 364. The zero-order valence-electron chi connectivity index (χ0n) is 7.16. The molecule has 0 radical (unpaired) electrons. The van der Waals surface area contributed by atoms with Crippen LogP contribution < -0.4 is 0 Å². The fraction of sp³-hybridized carbons (Fsp3) is 0. The molecule has 2 heteroatoms. The van der Waals surface area contributed by atoms with E-state index in [0.717, 1.165) is 0 Å². The normalized spacial score (nSPS) is 9.23. The van der Waals surface area contributed by atoms with E-state index in [1.807, 2.05) is 0 Å². The highest BCUT2D eigenvalue weighted by Gasteiger charge is 2.06. The average Bonchev–Trinajstić information content (AvgIpc) is 2.17. The van der Waals surface area contributed by atoms with Crippen LogP contribution in [0, 0.1) is 0 Å². The van der Waals surface area contributed by atoms with E-state index in [0.29, 0.717) is 17.4 Å². The highest BCUT2D eigenvalue weighted by molar-refractivity contribution is 5.85. The fourth-order valence-electron chi connectivity index (χ4n) is 1.03. The summed E-state index contributed by atoms with van der Waals surface area (Å²) in [6.45, 7) is 7.22. The topological polar surface area (TPSA) is 37.3 Å². The Morgan fingerprint density at radius 3 is 2.69 bits per heavy atom. The maximum atomic E-state index is 10.5. The highest BCUT2D eigenvalue weighted by Crippen LogP contribution is 2.26. The van der Waals surface area contributed by atoms with Crippen molar-refractivity contribution >= 4 is 11.9 Å². The lowest BCUT2D eigenvalue weighted by atomic mass is 10.0. The van der Waals surface area contributed by atoms with Crippen LogP contribution in [0.4, 0.5) is 0 Å². The van der Waals surface area contributed by atoms with Crippen LogP contribution in [0.5, 0.6) is 5.75 Å². The van der Waals surface area contributed by atoms with E-state index in [4.69, 9.17) is 0 Å². The molecule has 0 spiro atoms. The largest absolute Gasteiger partial charge is 0.507 e. The van der Waals surface area contributed by atoms with Crippen LogP contribution in [0.2, 0.25) is 0 Å². The molecule has 1 aromatic rings. The van der Waals surface area contributed by atoms with Crippen molar-refractivity contribution in [1.82, 2.24) is 0 Å². The number of carbonyl (C=O) groups excluding carboxylic acids is 1. The van der Waals surface area contributed by atoms with Crippen LogP contribution in [0.1, 0.15) is 15.9 Å². The van der Waals surface area contributed by atoms with Crippen molar-refractivity contribution in [2.75, 3.05) is 0 Å². The summed E-state index contributed by atoms with van der Waals surface area (Å²) in [5.41, 5.74) is 1.40. The maximum absolute atomic E-state index is 10.5. The Hall–Kier alpha value is -1.83. The van der Waals surface area contributed by atoms with Gasteiger partial charge in [-0.25, -0.2) is 0 Å². The Kier molecular flexibility index (Phi) is 2.65. The van der Waals surface area contributed by atoms with Gasteiger partial charge in [-0.1, -0.05) is 31.4 Å². The van der Waals surface area contributed by atoms with Crippen molar-refractivity contribution in [3.8, 4) is 5.75 Å². The van der Waals surface area contributed by atoms with Gasteiger partial charge >= 0.3 is 0 Å². The molecule has 2 nitrogen and oxygen atoms in total. The van der Waals surface area contributed by atoms with E-state index in [2.05, 4.69) is 13.2 Å². The number of para-hydroxylation sites is 1. The Balaban J connectivity index is 3.30. The first-order chi connectivity index (χ1) is 6.20. The van der Waals surface area contributed by atoms with Gasteiger partial charge in [-0.15, -0.1) is 0 Å². The van der Waals surface area contributed by atoms with E-state index in [-0.39, 0.29) is 11.3 Å². The van der Waals surface area contributed by atoms with Gasteiger partial charge in [0, 0.05) is 5.56 Å². The number of phenols is 1. The highest BCUT2D eigenvalue weighted by atomic mass is 16.3. The molecule has 0 unspecified atom stereocenters. The Labute approximate surface area is 76.8 Å². The van der Waals surface area contributed by atoms with Gasteiger partial charge in [0.1, 0.15) is 5.75 Å². The standard InChI is InChI=1S/C11H10O2/c1-3-8(2)10-6-4-5-9(7-12)11(10)13/h3-7,13H,1-2H2. The van der Waals surface area contributed by atoms with Crippen molar-refractivity contribution in [1.29, 1.82) is 0 Å². The first-order valence-corrected chi connectivity index (χ1v) is 3.79. The van der Waals surface area contributed by atoms with Gasteiger partial charge in [0.15, 0.2) is 6.29 Å². The number of phenolic OH excluding ortho intramolecular Hbond substituents is 1. The van der Waals surface area contributed by atoms with Crippen molar-refractivity contribution in [2.24, 2.45) is 0 Å². The van der Waals surface area contributed by atoms with Crippen molar-refractivity contribution in [3.05, 3.63) is 48.6 Å². The van der Waals surface area contributed by atoms with Crippen molar-refractivity contribution in [3.63, 3.8) is 0 Å². The molecule has 1 N–H and O–H groups in total. The van der Waals surface area contributed by atoms with Gasteiger partial charge < -0.3 is 5.11 Å². The second-order valence-electron chi connectivity index (χ2n) is 2.59. The lowest BCUT2D eigenvalue weighted by Crippen LogP contribution is -1.86. The zero-order chi connectivity index (χ0) is 9.84. The minimum absolute atomic E-state index is 0.0394. The molecular weight excluding hydrogens is 164 g/mol. The van der Waals surface area contributed by atoms with Crippen LogP contribution in [-0.2, 0) is 0 Å². The molecule has 0 bridgehead atoms. The molecule has 0 heterocycles. The third kappa shape index (κ3) is 1.67. The molecule has 0 aliphatic rings.